The van der Waals surface area contributed by atoms with Gasteiger partial charge < -0.3 is 15.6 Å². The summed E-state index contributed by atoms with van der Waals surface area (Å²) in [7, 11) is 0. The first-order chi connectivity index (χ1) is 11.1. The molecule has 1 amide bonds. The van der Waals surface area contributed by atoms with Crippen LogP contribution in [0.3, 0.4) is 0 Å². The van der Waals surface area contributed by atoms with Gasteiger partial charge in [-0.2, -0.15) is 0 Å². The SMILES string of the molecule is C#CCNC(=O)CNc1ccc(-c2nc(CC)cc(=O)[nH]2)cn1. The number of aromatic amines is 1. The quantitative estimate of drug-likeness (QED) is 0.677. The molecule has 2 aromatic heterocycles. The number of carbonyl (C=O) groups excluding carboxylic acids is 1. The number of nitrogens with zero attached hydrogens (tertiary/aromatic N) is 2. The summed E-state index contributed by atoms with van der Waals surface area (Å²) < 4.78 is 0. The van der Waals surface area contributed by atoms with Gasteiger partial charge in [0.2, 0.25) is 5.91 Å². The second-order valence-electron chi connectivity index (χ2n) is 4.71. The average Bonchev–Trinajstić information content (AvgIpc) is 2.58. The standard InChI is InChI=1S/C16H17N5O2/c1-3-7-17-15(23)10-19-13-6-5-11(9-18-13)16-20-12(4-2)8-14(22)21-16/h1,5-6,8-9H,4,7,10H2,2H3,(H,17,23)(H,18,19)(H,20,21,22). The van der Waals surface area contributed by atoms with Crippen molar-refractivity contribution >= 4 is 11.7 Å². The van der Waals surface area contributed by atoms with Gasteiger partial charge in [-0.05, 0) is 18.6 Å². The van der Waals surface area contributed by atoms with Crippen molar-refractivity contribution in [2.75, 3.05) is 18.4 Å². The highest BCUT2D eigenvalue weighted by molar-refractivity contribution is 5.80. The molecule has 2 heterocycles. The number of H-pyrrole nitrogens is 1. The van der Waals surface area contributed by atoms with Crippen molar-refractivity contribution in [3.63, 3.8) is 0 Å². The Morgan fingerprint density at radius 3 is 2.91 bits per heavy atom. The average molecular weight is 311 g/mol. The maximum Gasteiger partial charge on any atom is 0.251 e. The Labute approximate surface area is 133 Å². The maximum absolute atomic E-state index is 11.6. The maximum atomic E-state index is 11.6. The van der Waals surface area contributed by atoms with Crippen LogP contribution in [0.5, 0.6) is 0 Å². The number of pyridine rings is 1. The van der Waals surface area contributed by atoms with Crippen LogP contribution >= 0.6 is 0 Å². The molecular weight excluding hydrogens is 294 g/mol. The number of terminal acetylenes is 1. The first-order valence-corrected chi connectivity index (χ1v) is 7.13. The van der Waals surface area contributed by atoms with Gasteiger partial charge >= 0.3 is 0 Å². The number of anilines is 1. The molecule has 0 aromatic carbocycles. The smallest absolute Gasteiger partial charge is 0.251 e. The van der Waals surface area contributed by atoms with E-state index >= 15 is 0 Å². The molecule has 2 rings (SSSR count). The summed E-state index contributed by atoms with van der Waals surface area (Å²) >= 11 is 0. The minimum absolute atomic E-state index is 0.0778. The molecule has 23 heavy (non-hydrogen) atoms. The van der Waals surface area contributed by atoms with Gasteiger partial charge in [0.05, 0.1) is 13.1 Å². The van der Waals surface area contributed by atoms with Crippen molar-refractivity contribution in [3.8, 4) is 23.7 Å². The molecule has 0 aliphatic heterocycles. The minimum atomic E-state index is -0.213. The minimum Gasteiger partial charge on any atom is -0.361 e. The third-order valence-corrected chi connectivity index (χ3v) is 3.01. The molecule has 118 valence electrons. The highest BCUT2D eigenvalue weighted by Crippen LogP contribution is 2.14. The number of amides is 1. The van der Waals surface area contributed by atoms with Crippen molar-refractivity contribution in [2.45, 2.75) is 13.3 Å². The van der Waals surface area contributed by atoms with Gasteiger partial charge in [0.1, 0.15) is 11.6 Å². The number of aryl methyl sites for hydroxylation is 1. The second kappa shape index (κ2) is 7.75. The number of hydrogen-bond acceptors (Lipinski definition) is 5. The van der Waals surface area contributed by atoms with E-state index < -0.39 is 0 Å². The number of rotatable bonds is 6. The van der Waals surface area contributed by atoms with E-state index in [4.69, 9.17) is 6.42 Å². The summed E-state index contributed by atoms with van der Waals surface area (Å²) in [6.45, 7) is 2.20. The zero-order valence-corrected chi connectivity index (χ0v) is 12.7. The summed E-state index contributed by atoms with van der Waals surface area (Å²) in [4.78, 5) is 34.3. The fourth-order valence-electron chi connectivity index (χ4n) is 1.85. The fraction of sp³-hybridized carbons (Fsp3) is 0.250. The Kier molecular flexibility index (Phi) is 5.47. The largest absolute Gasteiger partial charge is 0.361 e. The van der Waals surface area contributed by atoms with Crippen LogP contribution in [0.1, 0.15) is 12.6 Å². The van der Waals surface area contributed by atoms with Crippen molar-refractivity contribution in [2.24, 2.45) is 0 Å². The molecule has 0 aliphatic carbocycles. The predicted molar refractivity (Wildman–Crippen MR) is 87.8 cm³/mol. The molecule has 0 saturated carbocycles. The van der Waals surface area contributed by atoms with Crippen LogP contribution in [0.4, 0.5) is 5.82 Å². The van der Waals surface area contributed by atoms with Gasteiger partial charge in [0, 0.05) is 23.5 Å². The lowest BCUT2D eigenvalue weighted by molar-refractivity contribution is -0.119. The summed E-state index contributed by atoms with van der Waals surface area (Å²) in [5.74, 6) is 3.13. The van der Waals surface area contributed by atoms with E-state index in [1.807, 2.05) is 6.92 Å². The molecule has 0 bridgehead atoms. The molecule has 7 heteroatoms. The van der Waals surface area contributed by atoms with Crippen LogP contribution < -0.4 is 16.2 Å². The van der Waals surface area contributed by atoms with Gasteiger partial charge in [0.15, 0.2) is 0 Å². The van der Waals surface area contributed by atoms with Gasteiger partial charge in [-0.15, -0.1) is 6.42 Å². The lowest BCUT2D eigenvalue weighted by Gasteiger charge is -2.07. The molecule has 0 unspecified atom stereocenters. The monoisotopic (exact) mass is 311 g/mol. The van der Waals surface area contributed by atoms with Crippen LogP contribution in [0, 0.1) is 12.3 Å². The molecule has 0 saturated heterocycles. The predicted octanol–water partition coefficient (Wildman–Crippen LogP) is 0.556. The number of aromatic nitrogens is 3. The van der Waals surface area contributed by atoms with E-state index in [0.29, 0.717) is 23.6 Å². The summed E-state index contributed by atoms with van der Waals surface area (Å²) in [5.41, 5.74) is 1.22. The Morgan fingerprint density at radius 2 is 2.26 bits per heavy atom. The van der Waals surface area contributed by atoms with E-state index in [-0.39, 0.29) is 24.6 Å². The number of hydrogen-bond donors (Lipinski definition) is 3. The summed E-state index contributed by atoms with van der Waals surface area (Å²) in [6.07, 6.45) is 7.32. The Hall–Kier alpha value is -3.14. The van der Waals surface area contributed by atoms with Gasteiger partial charge in [-0.3, -0.25) is 9.59 Å². The molecular formula is C16H17N5O2. The van der Waals surface area contributed by atoms with Crippen LogP contribution in [-0.2, 0) is 11.2 Å². The fourth-order valence-corrected chi connectivity index (χ4v) is 1.85. The molecule has 0 atom stereocenters. The van der Waals surface area contributed by atoms with E-state index in [1.165, 1.54) is 6.07 Å². The molecule has 0 spiro atoms. The Morgan fingerprint density at radius 1 is 1.43 bits per heavy atom. The lowest BCUT2D eigenvalue weighted by atomic mass is 10.2. The van der Waals surface area contributed by atoms with Crippen molar-refractivity contribution in [3.05, 3.63) is 40.4 Å². The number of nitrogens with one attached hydrogen (secondary N) is 3. The second-order valence-corrected chi connectivity index (χ2v) is 4.71. The molecule has 3 N–H and O–H groups in total. The third kappa shape index (κ3) is 4.68. The zero-order valence-electron chi connectivity index (χ0n) is 12.7. The highest BCUT2D eigenvalue weighted by atomic mass is 16.2. The normalized spacial score (nSPS) is 9.91. The van der Waals surface area contributed by atoms with Crippen LogP contribution in [0.25, 0.3) is 11.4 Å². The zero-order chi connectivity index (χ0) is 16.7. The van der Waals surface area contributed by atoms with Crippen molar-refractivity contribution in [1.82, 2.24) is 20.3 Å². The molecule has 7 nitrogen and oxygen atoms in total. The highest BCUT2D eigenvalue weighted by Gasteiger charge is 2.05. The van der Waals surface area contributed by atoms with Crippen LogP contribution in [-0.4, -0.2) is 33.9 Å². The summed E-state index contributed by atoms with van der Waals surface area (Å²) in [6, 6.07) is 4.95. The first kappa shape index (κ1) is 16.2. The van der Waals surface area contributed by atoms with E-state index in [2.05, 4.69) is 31.5 Å². The molecule has 2 aromatic rings. The topological polar surface area (TPSA) is 99.8 Å². The van der Waals surface area contributed by atoms with Gasteiger partial charge in [-0.25, -0.2) is 9.97 Å². The van der Waals surface area contributed by atoms with Crippen LogP contribution in [0.2, 0.25) is 0 Å². The molecule has 0 radical (unpaired) electrons. The first-order valence-electron chi connectivity index (χ1n) is 7.13. The molecule has 0 fully saturated rings. The lowest BCUT2D eigenvalue weighted by Crippen LogP contribution is -2.30. The summed E-state index contributed by atoms with van der Waals surface area (Å²) in [5, 5.41) is 5.43. The Balaban J connectivity index is 2.05. The van der Waals surface area contributed by atoms with E-state index in [1.54, 1.807) is 18.3 Å². The van der Waals surface area contributed by atoms with Gasteiger partial charge in [0.25, 0.3) is 5.56 Å². The van der Waals surface area contributed by atoms with Crippen molar-refractivity contribution in [1.29, 1.82) is 0 Å². The van der Waals surface area contributed by atoms with Crippen LogP contribution in [0.15, 0.2) is 29.2 Å². The Bertz CT molecular complexity index is 774. The van der Waals surface area contributed by atoms with E-state index in [0.717, 1.165) is 5.69 Å². The van der Waals surface area contributed by atoms with Crippen molar-refractivity contribution < 1.29 is 4.79 Å². The van der Waals surface area contributed by atoms with E-state index in [9.17, 15) is 9.59 Å². The third-order valence-electron chi connectivity index (χ3n) is 3.01. The molecule has 0 aliphatic rings. The number of carbonyl (C=O) groups is 1. The van der Waals surface area contributed by atoms with Gasteiger partial charge in [-0.1, -0.05) is 12.8 Å².